The lowest BCUT2D eigenvalue weighted by molar-refractivity contribution is -0.131. The first-order valence-electron chi connectivity index (χ1n) is 5.91. The van der Waals surface area contributed by atoms with Crippen molar-refractivity contribution in [2.45, 2.75) is 12.5 Å². The number of hydrogen-bond donors (Lipinski definition) is 1. The van der Waals surface area contributed by atoms with Crippen molar-refractivity contribution in [1.29, 1.82) is 0 Å². The molecule has 0 aromatic heterocycles. The molecule has 0 saturated carbocycles. The molecule has 1 unspecified atom stereocenters. The first-order valence-corrected chi connectivity index (χ1v) is 5.91. The summed E-state index contributed by atoms with van der Waals surface area (Å²) in [7, 11) is 0. The number of hydrogen-bond acceptors (Lipinski definition) is 3. The third-order valence-corrected chi connectivity index (χ3v) is 3.17. The highest BCUT2D eigenvalue weighted by molar-refractivity contribution is 5.73. The topological polar surface area (TPSA) is 38.3 Å². The molecule has 0 amide bonds. The van der Waals surface area contributed by atoms with Gasteiger partial charge in [-0.05, 0) is 29.4 Å². The molecule has 1 aliphatic carbocycles. The number of allylic oxidation sites excluding steroid dienone is 2. The predicted molar refractivity (Wildman–Crippen MR) is 70.8 cm³/mol. The Bertz CT molecular complexity index is 570. The summed E-state index contributed by atoms with van der Waals surface area (Å²) in [6, 6.07) is 8.15. The van der Waals surface area contributed by atoms with Gasteiger partial charge in [0.25, 0.3) is 6.47 Å². The molecule has 0 spiro atoms. The fraction of sp³-hybridized carbons (Fsp3) is 0.133. The second-order valence-corrected chi connectivity index (χ2v) is 4.32. The highest BCUT2D eigenvalue weighted by Crippen LogP contribution is 2.29. The number of ether oxygens (including phenoxy) is 1. The summed E-state index contributed by atoms with van der Waals surface area (Å²) >= 11 is 0. The largest absolute Gasteiger partial charge is 0.460 e. The average molecular weight is 239 g/mol. The first kappa shape index (κ1) is 10.8. The van der Waals surface area contributed by atoms with Crippen LogP contribution >= 0.6 is 0 Å². The zero-order valence-electron chi connectivity index (χ0n) is 9.80. The summed E-state index contributed by atoms with van der Waals surface area (Å²) < 4.78 is 4.99. The van der Waals surface area contributed by atoms with Crippen LogP contribution in [0, 0.1) is 0 Å². The molecule has 0 fully saturated rings. The lowest BCUT2D eigenvalue weighted by Gasteiger charge is -2.19. The third-order valence-electron chi connectivity index (χ3n) is 3.17. The van der Waals surface area contributed by atoms with Crippen molar-refractivity contribution >= 4 is 18.2 Å². The highest BCUT2D eigenvalue weighted by Gasteiger charge is 2.17. The third kappa shape index (κ3) is 1.95. The number of benzene rings is 1. The Kier molecular flexibility index (Phi) is 2.73. The van der Waals surface area contributed by atoms with Crippen LogP contribution < -0.4 is 5.32 Å². The predicted octanol–water partition coefficient (Wildman–Crippen LogP) is 2.88. The van der Waals surface area contributed by atoms with E-state index < -0.39 is 0 Å². The van der Waals surface area contributed by atoms with Crippen molar-refractivity contribution in [3.63, 3.8) is 0 Å². The van der Waals surface area contributed by atoms with Gasteiger partial charge in [0.1, 0.15) is 6.10 Å². The van der Waals surface area contributed by atoms with E-state index in [-0.39, 0.29) is 6.10 Å². The molecule has 1 heterocycles. The first-order chi connectivity index (χ1) is 8.86. The maximum atomic E-state index is 10.4. The van der Waals surface area contributed by atoms with Crippen LogP contribution in [0.15, 0.2) is 53.8 Å². The Hall–Kier alpha value is -2.29. The maximum Gasteiger partial charge on any atom is 0.293 e. The zero-order valence-corrected chi connectivity index (χ0v) is 9.80. The van der Waals surface area contributed by atoms with Crippen LogP contribution in [0.1, 0.15) is 12.0 Å². The van der Waals surface area contributed by atoms with Gasteiger partial charge in [0.15, 0.2) is 0 Å². The quantitative estimate of drug-likeness (QED) is 0.806. The normalized spacial score (nSPS) is 20.6. The minimum Gasteiger partial charge on any atom is -0.460 e. The van der Waals surface area contributed by atoms with Crippen LogP contribution in [0.25, 0.3) is 6.08 Å². The van der Waals surface area contributed by atoms with E-state index >= 15 is 0 Å². The number of rotatable bonds is 2. The lowest BCUT2D eigenvalue weighted by Crippen LogP contribution is -2.15. The molecule has 3 heteroatoms. The van der Waals surface area contributed by atoms with Gasteiger partial charge in [-0.25, -0.2) is 0 Å². The standard InChI is InChI=1S/C15H13NO2/c17-10-18-13-7-8-15-12(9-13)6-5-11-3-1-2-4-14(11)16-15/h1-8,10,13,16H,9H2. The lowest BCUT2D eigenvalue weighted by atomic mass is 9.99. The fourth-order valence-corrected chi connectivity index (χ4v) is 2.24. The van der Waals surface area contributed by atoms with E-state index in [9.17, 15) is 4.79 Å². The van der Waals surface area contributed by atoms with E-state index in [0.717, 1.165) is 22.5 Å². The Labute approximate surface area is 105 Å². The van der Waals surface area contributed by atoms with Gasteiger partial charge in [-0.1, -0.05) is 30.4 Å². The van der Waals surface area contributed by atoms with Gasteiger partial charge in [0.2, 0.25) is 0 Å². The minimum absolute atomic E-state index is 0.158. The molecule has 18 heavy (non-hydrogen) atoms. The fourth-order valence-electron chi connectivity index (χ4n) is 2.24. The van der Waals surface area contributed by atoms with Crippen molar-refractivity contribution < 1.29 is 9.53 Å². The number of carbonyl (C=O) groups excluding carboxylic acids is 1. The van der Waals surface area contributed by atoms with Crippen LogP contribution in [0.3, 0.4) is 0 Å². The van der Waals surface area contributed by atoms with E-state index in [0.29, 0.717) is 12.9 Å². The molecule has 3 rings (SSSR count). The van der Waals surface area contributed by atoms with Crippen LogP contribution in [0.2, 0.25) is 0 Å². The molecule has 1 aliphatic heterocycles. The summed E-state index contributed by atoms with van der Waals surface area (Å²) in [5.74, 6) is 0. The summed E-state index contributed by atoms with van der Waals surface area (Å²) in [6.45, 7) is 0.503. The van der Waals surface area contributed by atoms with Gasteiger partial charge in [0, 0.05) is 17.8 Å². The molecule has 0 bridgehead atoms. The Balaban J connectivity index is 1.91. The van der Waals surface area contributed by atoms with Gasteiger partial charge in [-0.15, -0.1) is 0 Å². The SMILES string of the molecule is O=COC1C=CC2=C(C=Cc3ccccc3N2)C1. The molecular weight excluding hydrogens is 226 g/mol. The van der Waals surface area contributed by atoms with Crippen LogP contribution in [0.5, 0.6) is 0 Å². The molecule has 0 saturated heterocycles. The summed E-state index contributed by atoms with van der Waals surface area (Å²) in [5.41, 5.74) is 4.48. The van der Waals surface area contributed by atoms with Crippen LogP contribution in [0.4, 0.5) is 5.69 Å². The van der Waals surface area contributed by atoms with E-state index in [1.54, 1.807) is 0 Å². The molecule has 1 aromatic carbocycles. The van der Waals surface area contributed by atoms with E-state index in [1.165, 1.54) is 0 Å². The number of carbonyl (C=O) groups is 1. The van der Waals surface area contributed by atoms with Crippen molar-refractivity contribution in [2.75, 3.05) is 5.32 Å². The number of fused-ring (bicyclic) bond motifs is 1. The Morgan fingerprint density at radius 1 is 1.22 bits per heavy atom. The summed E-state index contributed by atoms with van der Waals surface area (Å²) in [4.78, 5) is 10.4. The van der Waals surface area contributed by atoms with Gasteiger partial charge < -0.3 is 10.1 Å². The molecule has 3 nitrogen and oxygen atoms in total. The van der Waals surface area contributed by atoms with Crippen molar-refractivity contribution in [1.82, 2.24) is 0 Å². The Morgan fingerprint density at radius 3 is 3.00 bits per heavy atom. The summed E-state index contributed by atoms with van der Waals surface area (Å²) in [5, 5.41) is 3.41. The van der Waals surface area contributed by atoms with Gasteiger partial charge >= 0.3 is 0 Å². The Morgan fingerprint density at radius 2 is 2.11 bits per heavy atom. The number of para-hydroxylation sites is 1. The smallest absolute Gasteiger partial charge is 0.293 e. The molecule has 1 atom stereocenters. The maximum absolute atomic E-state index is 10.4. The van der Waals surface area contributed by atoms with Crippen molar-refractivity contribution in [2.24, 2.45) is 0 Å². The van der Waals surface area contributed by atoms with E-state index in [1.807, 2.05) is 24.3 Å². The minimum atomic E-state index is -0.158. The average Bonchev–Trinajstić information content (AvgIpc) is 2.58. The number of anilines is 1. The second kappa shape index (κ2) is 4.53. The monoisotopic (exact) mass is 239 g/mol. The second-order valence-electron chi connectivity index (χ2n) is 4.32. The van der Waals surface area contributed by atoms with Gasteiger partial charge in [-0.2, -0.15) is 0 Å². The summed E-state index contributed by atoms with van der Waals surface area (Å²) in [6.07, 6.45) is 8.60. The van der Waals surface area contributed by atoms with E-state index in [2.05, 4.69) is 29.6 Å². The van der Waals surface area contributed by atoms with Gasteiger partial charge in [-0.3, -0.25) is 4.79 Å². The van der Waals surface area contributed by atoms with Crippen LogP contribution in [-0.4, -0.2) is 12.6 Å². The van der Waals surface area contributed by atoms with Crippen molar-refractivity contribution in [3.05, 3.63) is 59.3 Å². The van der Waals surface area contributed by atoms with Gasteiger partial charge in [0.05, 0.1) is 0 Å². The number of nitrogens with one attached hydrogen (secondary N) is 1. The molecular formula is C15H13NO2. The molecule has 1 N–H and O–H groups in total. The molecule has 0 radical (unpaired) electrons. The molecule has 2 aliphatic rings. The van der Waals surface area contributed by atoms with E-state index in [4.69, 9.17) is 4.74 Å². The molecule has 1 aromatic rings. The zero-order chi connectivity index (χ0) is 12.4. The van der Waals surface area contributed by atoms with Crippen molar-refractivity contribution in [3.8, 4) is 0 Å². The molecule has 90 valence electrons. The van der Waals surface area contributed by atoms with Crippen LogP contribution in [-0.2, 0) is 9.53 Å². The highest BCUT2D eigenvalue weighted by atomic mass is 16.5.